The number of halogens is 1. The number of carboxylic acid groups (broad SMARTS) is 1. The van der Waals surface area contributed by atoms with Crippen molar-refractivity contribution >= 4 is 29.4 Å². The van der Waals surface area contributed by atoms with Crippen molar-refractivity contribution in [2.24, 2.45) is 5.73 Å². The van der Waals surface area contributed by atoms with Crippen LogP contribution in [0.15, 0.2) is 12.1 Å². The number of benzene rings is 1. The Labute approximate surface area is 137 Å². The standard InChI is InChI=1S/C14H17ClN2O6/c1-3-17(6-12(19)20)14(21)8-4-9(15)13(10(5-8)22-2)23-7-11(16)18/h4-5H,3,6-7H2,1-2H3,(H2,16,18)(H,19,20). The minimum Gasteiger partial charge on any atom is -0.493 e. The molecule has 1 rings (SSSR count). The Hall–Kier alpha value is -2.48. The number of carbonyl (C=O) groups is 3. The lowest BCUT2D eigenvalue weighted by atomic mass is 10.1. The molecule has 0 radical (unpaired) electrons. The monoisotopic (exact) mass is 344 g/mol. The number of carboxylic acids is 1. The Morgan fingerprint density at radius 2 is 2.00 bits per heavy atom. The zero-order valence-electron chi connectivity index (χ0n) is 12.7. The van der Waals surface area contributed by atoms with Gasteiger partial charge in [-0.1, -0.05) is 11.6 Å². The largest absolute Gasteiger partial charge is 0.493 e. The summed E-state index contributed by atoms with van der Waals surface area (Å²) in [4.78, 5) is 35.1. The molecule has 0 aromatic heterocycles. The lowest BCUT2D eigenvalue weighted by Gasteiger charge is -2.20. The maximum atomic E-state index is 12.3. The smallest absolute Gasteiger partial charge is 0.323 e. The minimum absolute atomic E-state index is 0.0420. The van der Waals surface area contributed by atoms with E-state index in [0.717, 1.165) is 4.90 Å². The molecular formula is C14H17ClN2O6. The molecule has 1 aromatic rings. The molecule has 0 aliphatic rings. The van der Waals surface area contributed by atoms with Gasteiger partial charge in [0.05, 0.1) is 12.1 Å². The van der Waals surface area contributed by atoms with E-state index < -0.39 is 30.9 Å². The summed E-state index contributed by atoms with van der Waals surface area (Å²) < 4.78 is 10.3. The average molecular weight is 345 g/mol. The van der Waals surface area contributed by atoms with Crippen molar-refractivity contribution in [1.29, 1.82) is 0 Å². The van der Waals surface area contributed by atoms with E-state index in [9.17, 15) is 14.4 Å². The summed E-state index contributed by atoms with van der Waals surface area (Å²) in [6, 6.07) is 2.67. The van der Waals surface area contributed by atoms with E-state index >= 15 is 0 Å². The Kier molecular flexibility index (Phi) is 6.65. The first-order chi connectivity index (χ1) is 10.8. The highest BCUT2D eigenvalue weighted by Crippen LogP contribution is 2.36. The summed E-state index contributed by atoms with van der Waals surface area (Å²) in [5.41, 5.74) is 5.14. The Bertz CT molecular complexity index is 620. The van der Waals surface area contributed by atoms with Gasteiger partial charge in [0.1, 0.15) is 6.54 Å². The fourth-order valence-electron chi connectivity index (χ4n) is 1.80. The maximum Gasteiger partial charge on any atom is 0.323 e. The fraction of sp³-hybridized carbons (Fsp3) is 0.357. The first kappa shape index (κ1) is 18.6. The Morgan fingerprint density at radius 1 is 1.35 bits per heavy atom. The van der Waals surface area contributed by atoms with Crippen molar-refractivity contribution in [1.82, 2.24) is 4.90 Å². The molecule has 0 aliphatic carbocycles. The summed E-state index contributed by atoms with van der Waals surface area (Å²) in [7, 11) is 1.34. The van der Waals surface area contributed by atoms with Gasteiger partial charge in [0.15, 0.2) is 18.1 Å². The van der Waals surface area contributed by atoms with Crippen LogP contribution < -0.4 is 15.2 Å². The number of nitrogens with two attached hydrogens (primary N) is 1. The zero-order valence-corrected chi connectivity index (χ0v) is 13.4. The van der Waals surface area contributed by atoms with Crippen LogP contribution in [0.25, 0.3) is 0 Å². The molecule has 0 heterocycles. The molecule has 0 saturated heterocycles. The van der Waals surface area contributed by atoms with Crippen molar-refractivity contribution in [2.75, 3.05) is 26.8 Å². The number of primary amides is 1. The summed E-state index contributed by atoms with van der Waals surface area (Å²) in [5.74, 6) is -2.13. The van der Waals surface area contributed by atoms with Crippen molar-refractivity contribution in [3.8, 4) is 11.5 Å². The number of methoxy groups -OCH3 is 1. The van der Waals surface area contributed by atoms with E-state index in [1.54, 1.807) is 6.92 Å². The molecule has 0 spiro atoms. The zero-order chi connectivity index (χ0) is 17.6. The van der Waals surface area contributed by atoms with E-state index in [1.807, 2.05) is 0 Å². The first-order valence-corrected chi connectivity index (χ1v) is 6.97. The molecular weight excluding hydrogens is 328 g/mol. The molecule has 0 fully saturated rings. The van der Waals surface area contributed by atoms with E-state index in [0.29, 0.717) is 0 Å². The third-order valence-electron chi connectivity index (χ3n) is 2.83. The van der Waals surface area contributed by atoms with Crippen LogP contribution in [0.2, 0.25) is 5.02 Å². The van der Waals surface area contributed by atoms with Gasteiger partial charge in [0.2, 0.25) is 0 Å². The van der Waals surface area contributed by atoms with Crippen LogP contribution >= 0.6 is 11.6 Å². The summed E-state index contributed by atoms with van der Waals surface area (Å²) in [6.07, 6.45) is 0. The number of amides is 2. The molecule has 8 nitrogen and oxygen atoms in total. The summed E-state index contributed by atoms with van der Waals surface area (Å²) in [6.45, 7) is 1.04. The highest BCUT2D eigenvalue weighted by Gasteiger charge is 2.21. The number of ether oxygens (including phenoxy) is 2. The van der Waals surface area contributed by atoms with Gasteiger partial charge in [0.25, 0.3) is 11.8 Å². The van der Waals surface area contributed by atoms with Crippen LogP contribution in [0.5, 0.6) is 11.5 Å². The van der Waals surface area contributed by atoms with Gasteiger partial charge in [-0.25, -0.2) is 0 Å². The number of carbonyl (C=O) groups excluding carboxylic acids is 2. The second-order valence-corrected chi connectivity index (χ2v) is 4.86. The second-order valence-electron chi connectivity index (χ2n) is 4.46. The van der Waals surface area contributed by atoms with Crippen molar-refractivity contribution in [3.05, 3.63) is 22.7 Å². The van der Waals surface area contributed by atoms with E-state index in [-0.39, 0.29) is 28.6 Å². The normalized spacial score (nSPS) is 10.0. The quantitative estimate of drug-likeness (QED) is 0.718. The van der Waals surface area contributed by atoms with Gasteiger partial charge in [-0.15, -0.1) is 0 Å². The molecule has 23 heavy (non-hydrogen) atoms. The molecule has 126 valence electrons. The number of aliphatic carboxylic acids is 1. The van der Waals surface area contributed by atoms with Crippen LogP contribution in [0.4, 0.5) is 0 Å². The van der Waals surface area contributed by atoms with Crippen molar-refractivity contribution in [3.63, 3.8) is 0 Å². The second kappa shape index (κ2) is 8.23. The summed E-state index contributed by atoms with van der Waals surface area (Å²) >= 11 is 6.05. The van der Waals surface area contributed by atoms with Gasteiger partial charge in [-0.05, 0) is 19.1 Å². The number of likely N-dealkylation sites (N-methyl/N-ethyl adjacent to an activating group) is 1. The Morgan fingerprint density at radius 3 is 2.48 bits per heavy atom. The van der Waals surface area contributed by atoms with Crippen LogP contribution in [0, 0.1) is 0 Å². The molecule has 2 amide bonds. The summed E-state index contributed by atoms with van der Waals surface area (Å²) in [5, 5.41) is 8.87. The van der Waals surface area contributed by atoms with Crippen molar-refractivity contribution < 1.29 is 29.0 Å². The van der Waals surface area contributed by atoms with Crippen LogP contribution in [0.1, 0.15) is 17.3 Å². The number of hydrogen-bond acceptors (Lipinski definition) is 5. The molecule has 3 N–H and O–H groups in total. The highest BCUT2D eigenvalue weighted by molar-refractivity contribution is 6.32. The number of nitrogens with zero attached hydrogens (tertiary/aromatic N) is 1. The molecule has 9 heteroatoms. The van der Waals surface area contributed by atoms with Crippen molar-refractivity contribution in [2.45, 2.75) is 6.92 Å². The number of hydrogen-bond donors (Lipinski definition) is 2. The SMILES string of the molecule is CCN(CC(=O)O)C(=O)c1cc(Cl)c(OCC(N)=O)c(OC)c1. The van der Waals surface area contributed by atoms with Gasteiger partial charge in [-0.2, -0.15) is 0 Å². The molecule has 1 aromatic carbocycles. The lowest BCUT2D eigenvalue weighted by Crippen LogP contribution is -2.35. The van der Waals surface area contributed by atoms with Crippen LogP contribution in [0.3, 0.4) is 0 Å². The third-order valence-corrected chi connectivity index (χ3v) is 3.11. The Balaban J connectivity index is 3.13. The maximum absolute atomic E-state index is 12.3. The molecule has 0 atom stereocenters. The minimum atomic E-state index is -1.13. The van der Waals surface area contributed by atoms with E-state index in [2.05, 4.69) is 0 Å². The molecule has 0 saturated carbocycles. The van der Waals surface area contributed by atoms with Crippen LogP contribution in [-0.2, 0) is 9.59 Å². The van der Waals surface area contributed by atoms with E-state index in [4.69, 9.17) is 31.9 Å². The molecule has 0 aliphatic heterocycles. The van der Waals surface area contributed by atoms with Gasteiger partial charge < -0.3 is 25.2 Å². The van der Waals surface area contributed by atoms with Crippen LogP contribution in [-0.4, -0.2) is 54.6 Å². The lowest BCUT2D eigenvalue weighted by molar-refractivity contribution is -0.137. The topological polar surface area (TPSA) is 119 Å². The predicted molar refractivity (Wildman–Crippen MR) is 81.9 cm³/mol. The average Bonchev–Trinajstić information content (AvgIpc) is 2.49. The molecule has 0 unspecified atom stereocenters. The van der Waals surface area contributed by atoms with Gasteiger partial charge in [0, 0.05) is 12.1 Å². The first-order valence-electron chi connectivity index (χ1n) is 6.59. The number of rotatable bonds is 8. The van der Waals surface area contributed by atoms with Gasteiger partial charge in [-0.3, -0.25) is 14.4 Å². The fourth-order valence-corrected chi connectivity index (χ4v) is 2.06. The third kappa shape index (κ3) is 5.03. The van der Waals surface area contributed by atoms with E-state index in [1.165, 1.54) is 19.2 Å². The highest BCUT2D eigenvalue weighted by atomic mass is 35.5. The molecule has 0 bridgehead atoms. The predicted octanol–water partition coefficient (Wildman–Crippen LogP) is 0.759. The van der Waals surface area contributed by atoms with Gasteiger partial charge >= 0.3 is 5.97 Å².